The van der Waals surface area contributed by atoms with Crippen LogP contribution >= 0.6 is 0 Å². The highest BCUT2D eigenvalue weighted by molar-refractivity contribution is 5.95. The average Bonchev–Trinajstić information content (AvgIpc) is 2.85. The second kappa shape index (κ2) is 5.52. The predicted molar refractivity (Wildman–Crippen MR) is 92.7 cm³/mol. The zero-order chi connectivity index (χ0) is 18.0. The van der Waals surface area contributed by atoms with E-state index in [0.717, 1.165) is 37.7 Å². The summed E-state index contributed by atoms with van der Waals surface area (Å²) in [6.07, 6.45) is 7.50. The molecule has 0 N–H and O–H groups in total. The zero-order valence-corrected chi connectivity index (χ0v) is 15.5. The topological polar surface area (TPSA) is 60.4 Å². The van der Waals surface area contributed by atoms with Crippen molar-refractivity contribution in [2.24, 2.45) is 28.6 Å². The van der Waals surface area contributed by atoms with Gasteiger partial charge in [0.1, 0.15) is 11.9 Å². The van der Waals surface area contributed by atoms with Crippen LogP contribution in [0.5, 0.6) is 0 Å². The third kappa shape index (κ3) is 2.43. The van der Waals surface area contributed by atoms with Gasteiger partial charge >= 0.3 is 5.97 Å². The molecule has 0 bridgehead atoms. The lowest BCUT2D eigenvalue weighted by Crippen LogP contribution is -2.55. The number of ketones is 2. The molecule has 3 saturated carbocycles. The van der Waals surface area contributed by atoms with Crippen LogP contribution in [0.1, 0.15) is 65.7 Å². The molecule has 4 rings (SSSR count). The molecule has 0 amide bonds. The van der Waals surface area contributed by atoms with Crippen molar-refractivity contribution in [2.75, 3.05) is 0 Å². The van der Waals surface area contributed by atoms with Gasteiger partial charge in [0.15, 0.2) is 5.78 Å². The Morgan fingerprint density at radius 3 is 2.60 bits per heavy atom. The van der Waals surface area contributed by atoms with E-state index in [1.807, 2.05) is 0 Å². The first-order valence-corrected chi connectivity index (χ1v) is 9.68. The summed E-state index contributed by atoms with van der Waals surface area (Å²) in [4.78, 5) is 36.6. The second-order valence-corrected chi connectivity index (χ2v) is 9.23. The zero-order valence-electron chi connectivity index (χ0n) is 15.5. The Morgan fingerprint density at radius 1 is 1.16 bits per heavy atom. The fourth-order valence-corrected chi connectivity index (χ4v) is 6.58. The second-order valence-electron chi connectivity index (χ2n) is 9.23. The number of hydrogen-bond donors (Lipinski definition) is 0. The van der Waals surface area contributed by atoms with Gasteiger partial charge in [-0.05, 0) is 54.9 Å². The van der Waals surface area contributed by atoms with Crippen molar-refractivity contribution >= 4 is 17.5 Å². The fourth-order valence-electron chi connectivity index (χ4n) is 6.58. The molecule has 0 heterocycles. The lowest BCUT2D eigenvalue weighted by molar-refractivity contribution is -0.160. The van der Waals surface area contributed by atoms with E-state index in [4.69, 9.17) is 4.74 Å². The van der Waals surface area contributed by atoms with Crippen LogP contribution in [0.2, 0.25) is 0 Å². The normalized spacial score (nSPS) is 46.0. The summed E-state index contributed by atoms with van der Waals surface area (Å²) in [7, 11) is 0. The van der Waals surface area contributed by atoms with Gasteiger partial charge in [-0.15, -0.1) is 0 Å². The summed E-state index contributed by atoms with van der Waals surface area (Å²) in [6, 6.07) is 0. The summed E-state index contributed by atoms with van der Waals surface area (Å²) in [5.74, 6) is 0.577. The third-order valence-electron chi connectivity index (χ3n) is 7.88. The lowest BCUT2D eigenvalue weighted by atomic mass is 9.47. The molecule has 0 radical (unpaired) electrons. The van der Waals surface area contributed by atoms with Crippen LogP contribution in [-0.4, -0.2) is 23.6 Å². The molecule has 0 unspecified atom stereocenters. The standard InChI is InChI=1S/C21H28O4/c1-12(22)25-17-6-8-20(2)7-5-15-18(19(17)20)16(24)11-13-10-14(23)4-9-21(13,15)3/h10,15,17-19H,4-9,11H2,1-3H3/t15-,17-,18-,19-,20+,21-/m0/s1. The Balaban J connectivity index is 1.74. The minimum atomic E-state index is -0.241. The van der Waals surface area contributed by atoms with Gasteiger partial charge < -0.3 is 4.74 Å². The molecule has 4 heteroatoms. The molecular weight excluding hydrogens is 316 g/mol. The smallest absolute Gasteiger partial charge is 0.302 e. The van der Waals surface area contributed by atoms with Crippen LogP contribution < -0.4 is 0 Å². The minimum Gasteiger partial charge on any atom is -0.462 e. The molecule has 6 atom stereocenters. The van der Waals surface area contributed by atoms with Crippen LogP contribution in [-0.2, 0) is 19.1 Å². The average molecular weight is 344 g/mol. The van der Waals surface area contributed by atoms with Crippen molar-refractivity contribution in [3.05, 3.63) is 11.6 Å². The molecule has 25 heavy (non-hydrogen) atoms. The van der Waals surface area contributed by atoms with Gasteiger partial charge in [0.25, 0.3) is 0 Å². The molecular formula is C21H28O4. The van der Waals surface area contributed by atoms with E-state index in [2.05, 4.69) is 13.8 Å². The molecule has 0 saturated heterocycles. The van der Waals surface area contributed by atoms with Gasteiger partial charge in [-0.3, -0.25) is 14.4 Å². The summed E-state index contributed by atoms with van der Waals surface area (Å²) in [6.45, 7) is 6.00. The molecule has 0 spiro atoms. The Kier molecular flexibility index (Phi) is 3.75. The maximum absolute atomic E-state index is 13.2. The first kappa shape index (κ1) is 17.0. The number of ether oxygens (including phenoxy) is 1. The van der Waals surface area contributed by atoms with Crippen molar-refractivity contribution < 1.29 is 19.1 Å². The first-order chi connectivity index (χ1) is 11.7. The molecule has 4 nitrogen and oxygen atoms in total. The van der Waals surface area contributed by atoms with Gasteiger partial charge in [0.05, 0.1) is 0 Å². The first-order valence-electron chi connectivity index (χ1n) is 9.68. The minimum absolute atomic E-state index is 0.0269. The van der Waals surface area contributed by atoms with Crippen molar-refractivity contribution in [3.8, 4) is 0 Å². The predicted octanol–water partition coefficient (Wildman–Crippen LogP) is 3.63. The van der Waals surface area contributed by atoms with Gasteiger partial charge in [-0.2, -0.15) is 0 Å². The maximum atomic E-state index is 13.2. The number of Topliss-reactive ketones (excluding diaryl/α,β-unsaturated/α-hetero) is 1. The van der Waals surface area contributed by atoms with E-state index in [-0.39, 0.29) is 52.2 Å². The Bertz CT molecular complexity index is 677. The molecule has 0 aromatic rings. The van der Waals surface area contributed by atoms with E-state index in [9.17, 15) is 14.4 Å². The number of fused-ring (bicyclic) bond motifs is 5. The van der Waals surface area contributed by atoms with E-state index >= 15 is 0 Å². The van der Waals surface area contributed by atoms with Crippen molar-refractivity contribution in [2.45, 2.75) is 71.8 Å². The van der Waals surface area contributed by atoms with Crippen LogP contribution in [0.3, 0.4) is 0 Å². The van der Waals surface area contributed by atoms with Crippen molar-refractivity contribution in [1.82, 2.24) is 0 Å². The van der Waals surface area contributed by atoms with Crippen molar-refractivity contribution in [1.29, 1.82) is 0 Å². The Labute approximate surface area is 149 Å². The number of carbonyl (C=O) groups excluding carboxylic acids is 3. The van der Waals surface area contributed by atoms with E-state index in [1.54, 1.807) is 6.08 Å². The van der Waals surface area contributed by atoms with E-state index < -0.39 is 0 Å². The monoisotopic (exact) mass is 344 g/mol. The highest BCUT2D eigenvalue weighted by Gasteiger charge is 2.62. The summed E-state index contributed by atoms with van der Waals surface area (Å²) in [5.41, 5.74) is 1.11. The largest absolute Gasteiger partial charge is 0.462 e. The fraction of sp³-hybridized carbons (Fsp3) is 0.762. The molecule has 3 fully saturated rings. The van der Waals surface area contributed by atoms with Crippen LogP contribution in [0, 0.1) is 28.6 Å². The van der Waals surface area contributed by atoms with E-state index in [0.29, 0.717) is 12.8 Å². The molecule has 0 aromatic carbocycles. The summed E-state index contributed by atoms with van der Waals surface area (Å²) >= 11 is 0. The van der Waals surface area contributed by atoms with E-state index in [1.165, 1.54) is 6.92 Å². The number of carbonyl (C=O) groups is 3. The number of rotatable bonds is 1. The summed E-state index contributed by atoms with van der Waals surface area (Å²) < 4.78 is 5.67. The molecule has 4 aliphatic rings. The number of esters is 1. The van der Waals surface area contributed by atoms with Gasteiger partial charge in [0.2, 0.25) is 0 Å². The molecule has 0 aromatic heterocycles. The molecule has 4 aliphatic carbocycles. The maximum Gasteiger partial charge on any atom is 0.302 e. The molecule has 0 aliphatic heterocycles. The van der Waals surface area contributed by atoms with Crippen LogP contribution in [0.25, 0.3) is 0 Å². The molecule has 136 valence electrons. The SMILES string of the molecule is CC(=O)O[C@H]1CC[C@@]2(C)CC[C@H]3[C@@H](C(=O)CC4=CC(=O)CC[C@@]43C)[C@H]12. The number of allylic oxidation sites excluding steroid dienone is 1. The highest BCUT2D eigenvalue weighted by Crippen LogP contribution is 2.64. The third-order valence-corrected chi connectivity index (χ3v) is 7.88. The number of hydrogen-bond acceptors (Lipinski definition) is 4. The highest BCUT2D eigenvalue weighted by atomic mass is 16.5. The van der Waals surface area contributed by atoms with Gasteiger partial charge in [-0.1, -0.05) is 19.4 Å². The van der Waals surface area contributed by atoms with Crippen LogP contribution in [0.4, 0.5) is 0 Å². The summed E-state index contributed by atoms with van der Waals surface area (Å²) in [5, 5.41) is 0. The lowest BCUT2D eigenvalue weighted by Gasteiger charge is -2.56. The Hall–Kier alpha value is -1.45. The Morgan fingerprint density at radius 2 is 1.88 bits per heavy atom. The quantitative estimate of drug-likeness (QED) is 0.682. The van der Waals surface area contributed by atoms with Crippen molar-refractivity contribution in [3.63, 3.8) is 0 Å². The van der Waals surface area contributed by atoms with Crippen LogP contribution in [0.15, 0.2) is 11.6 Å². The van der Waals surface area contributed by atoms with Gasteiger partial charge in [0, 0.05) is 31.6 Å². The van der Waals surface area contributed by atoms with Gasteiger partial charge in [-0.25, -0.2) is 0 Å².